The van der Waals surface area contributed by atoms with Crippen molar-refractivity contribution in [2.45, 2.75) is 19.3 Å². The average Bonchev–Trinajstić information content (AvgIpc) is 2.16. The van der Waals surface area contributed by atoms with Crippen molar-refractivity contribution in [2.75, 3.05) is 13.2 Å². The molecule has 0 N–H and O–H groups in total. The van der Waals surface area contributed by atoms with E-state index < -0.39 is 0 Å². The first-order chi connectivity index (χ1) is 6.18. The average molecular weight is 223 g/mol. The standard InChI is InChI=1S/C9H12Cl2O2/c10-8(11)1-2-9(7-12)3-5-13-6-4-9/h1,7H,2-6H2. The first-order valence-corrected chi connectivity index (χ1v) is 4.99. The van der Waals surface area contributed by atoms with Crippen LogP contribution in [0.3, 0.4) is 0 Å². The van der Waals surface area contributed by atoms with Crippen LogP contribution in [-0.2, 0) is 9.53 Å². The number of carbonyl (C=O) groups is 1. The molecule has 0 unspecified atom stereocenters. The van der Waals surface area contributed by atoms with Gasteiger partial charge in [0.1, 0.15) is 10.8 Å². The highest BCUT2D eigenvalue weighted by Crippen LogP contribution is 2.33. The van der Waals surface area contributed by atoms with E-state index in [1.54, 1.807) is 6.08 Å². The number of allylic oxidation sites excluding steroid dienone is 1. The molecule has 0 aromatic heterocycles. The maximum atomic E-state index is 10.9. The van der Waals surface area contributed by atoms with Gasteiger partial charge < -0.3 is 9.53 Å². The summed E-state index contributed by atoms with van der Waals surface area (Å²) in [4.78, 5) is 10.9. The molecule has 1 heterocycles. The van der Waals surface area contributed by atoms with Crippen molar-refractivity contribution >= 4 is 29.5 Å². The molecule has 74 valence electrons. The van der Waals surface area contributed by atoms with Crippen LogP contribution in [0.1, 0.15) is 19.3 Å². The van der Waals surface area contributed by atoms with Crippen LogP contribution in [0.4, 0.5) is 0 Å². The van der Waals surface area contributed by atoms with Crippen LogP contribution in [0.2, 0.25) is 0 Å². The number of hydrogen-bond acceptors (Lipinski definition) is 2. The topological polar surface area (TPSA) is 26.3 Å². The van der Waals surface area contributed by atoms with Gasteiger partial charge in [-0.3, -0.25) is 0 Å². The first-order valence-electron chi connectivity index (χ1n) is 4.24. The van der Waals surface area contributed by atoms with E-state index in [0.29, 0.717) is 19.6 Å². The second-order valence-electron chi connectivity index (χ2n) is 3.29. The van der Waals surface area contributed by atoms with Gasteiger partial charge in [0, 0.05) is 18.6 Å². The van der Waals surface area contributed by atoms with E-state index in [2.05, 4.69) is 0 Å². The predicted octanol–water partition coefficient (Wildman–Crippen LogP) is 2.69. The van der Waals surface area contributed by atoms with Gasteiger partial charge in [0.05, 0.1) is 0 Å². The summed E-state index contributed by atoms with van der Waals surface area (Å²) in [7, 11) is 0. The number of ether oxygens (including phenoxy) is 1. The number of carbonyl (C=O) groups excluding carboxylic acids is 1. The Morgan fingerprint density at radius 1 is 1.38 bits per heavy atom. The minimum absolute atomic E-state index is 0.229. The Balaban J connectivity index is 2.57. The Morgan fingerprint density at radius 2 is 2.00 bits per heavy atom. The smallest absolute Gasteiger partial charge is 0.126 e. The minimum Gasteiger partial charge on any atom is -0.381 e. The van der Waals surface area contributed by atoms with E-state index >= 15 is 0 Å². The summed E-state index contributed by atoms with van der Waals surface area (Å²) in [5.74, 6) is 0. The van der Waals surface area contributed by atoms with Crippen molar-refractivity contribution in [3.8, 4) is 0 Å². The summed E-state index contributed by atoms with van der Waals surface area (Å²) in [5, 5.41) is 0. The van der Waals surface area contributed by atoms with Crippen molar-refractivity contribution in [3.63, 3.8) is 0 Å². The molecule has 1 aliphatic heterocycles. The lowest BCUT2D eigenvalue weighted by molar-refractivity contribution is -0.121. The lowest BCUT2D eigenvalue weighted by Crippen LogP contribution is -2.30. The maximum Gasteiger partial charge on any atom is 0.126 e. The van der Waals surface area contributed by atoms with Gasteiger partial charge >= 0.3 is 0 Å². The van der Waals surface area contributed by atoms with Crippen molar-refractivity contribution in [1.82, 2.24) is 0 Å². The molecule has 1 rings (SSSR count). The number of aldehydes is 1. The fraction of sp³-hybridized carbons (Fsp3) is 0.667. The molecular weight excluding hydrogens is 211 g/mol. The Hall–Kier alpha value is -0.0500. The molecule has 0 bridgehead atoms. The lowest BCUT2D eigenvalue weighted by Gasteiger charge is -2.30. The van der Waals surface area contributed by atoms with Gasteiger partial charge in [0.15, 0.2) is 0 Å². The highest BCUT2D eigenvalue weighted by atomic mass is 35.5. The second-order valence-corrected chi connectivity index (χ2v) is 4.30. The van der Waals surface area contributed by atoms with Crippen LogP contribution in [-0.4, -0.2) is 19.5 Å². The molecule has 0 saturated carbocycles. The van der Waals surface area contributed by atoms with Crippen molar-refractivity contribution in [1.29, 1.82) is 0 Å². The van der Waals surface area contributed by atoms with Crippen LogP contribution in [0.25, 0.3) is 0 Å². The van der Waals surface area contributed by atoms with Crippen LogP contribution < -0.4 is 0 Å². The van der Waals surface area contributed by atoms with Crippen molar-refractivity contribution in [3.05, 3.63) is 10.6 Å². The Morgan fingerprint density at radius 3 is 2.46 bits per heavy atom. The monoisotopic (exact) mass is 222 g/mol. The van der Waals surface area contributed by atoms with E-state index in [0.717, 1.165) is 19.1 Å². The molecule has 0 atom stereocenters. The Labute approximate surface area is 87.8 Å². The van der Waals surface area contributed by atoms with E-state index in [9.17, 15) is 4.79 Å². The number of halogens is 2. The summed E-state index contributed by atoms with van der Waals surface area (Å²) in [6.07, 6.45) is 4.82. The lowest BCUT2D eigenvalue weighted by atomic mass is 9.79. The van der Waals surface area contributed by atoms with Crippen LogP contribution in [0.5, 0.6) is 0 Å². The Bertz CT molecular complexity index is 204. The molecule has 1 saturated heterocycles. The minimum atomic E-state index is -0.298. The largest absolute Gasteiger partial charge is 0.381 e. The van der Waals surface area contributed by atoms with Crippen LogP contribution >= 0.6 is 23.2 Å². The molecule has 1 aliphatic rings. The molecule has 0 aliphatic carbocycles. The van der Waals surface area contributed by atoms with Crippen LogP contribution in [0, 0.1) is 5.41 Å². The quantitative estimate of drug-likeness (QED) is 0.687. The number of hydrogen-bond donors (Lipinski definition) is 0. The third-order valence-electron chi connectivity index (χ3n) is 2.40. The first kappa shape index (κ1) is 11.0. The summed E-state index contributed by atoms with van der Waals surface area (Å²) in [6, 6.07) is 0. The van der Waals surface area contributed by atoms with Gasteiger partial charge in [0.25, 0.3) is 0 Å². The fourth-order valence-electron chi connectivity index (χ4n) is 1.43. The molecule has 1 fully saturated rings. The van der Waals surface area contributed by atoms with Gasteiger partial charge in [-0.1, -0.05) is 29.3 Å². The van der Waals surface area contributed by atoms with E-state index in [4.69, 9.17) is 27.9 Å². The van der Waals surface area contributed by atoms with E-state index in [1.165, 1.54) is 0 Å². The second kappa shape index (κ2) is 4.99. The van der Waals surface area contributed by atoms with Gasteiger partial charge in [-0.2, -0.15) is 0 Å². The predicted molar refractivity (Wildman–Crippen MR) is 53.0 cm³/mol. The summed E-state index contributed by atoms with van der Waals surface area (Å²) in [5.41, 5.74) is -0.298. The molecular formula is C9H12Cl2O2. The molecule has 0 radical (unpaired) electrons. The van der Waals surface area contributed by atoms with Crippen molar-refractivity contribution < 1.29 is 9.53 Å². The SMILES string of the molecule is O=CC1(CC=C(Cl)Cl)CCOCC1. The van der Waals surface area contributed by atoms with Gasteiger partial charge in [-0.05, 0) is 19.3 Å². The molecule has 0 aromatic rings. The Kier molecular flexibility index (Phi) is 4.23. The number of rotatable bonds is 3. The molecule has 2 nitrogen and oxygen atoms in total. The summed E-state index contributed by atoms with van der Waals surface area (Å²) in [6.45, 7) is 1.29. The fourth-order valence-corrected chi connectivity index (χ4v) is 1.58. The van der Waals surface area contributed by atoms with Gasteiger partial charge in [-0.25, -0.2) is 0 Å². The molecule has 0 spiro atoms. The molecule has 13 heavy (non-hydrogen) atoms. The molecule has 0 amide bonds. The normalized spacial score (nSPS) is 20.8. The highest BCUT2D eigenvalue weighted by molar-refractivity contribution is 6.55. The third kappa shape index (κ3) is 3.29. The van der Waals surface area contributed by atoms with Crippen molar-refractivity contribution in [2.24, 2.45) is 5.41 Å². The maximum absolute atomic E-state index is 10.9. The summed E-state index contributed by atoms with van der Waals surface area (Å²) >= 11 is 11.0. The molecule has 4 heteroatoms. The molecule has 0 aromatic carbocycles. The zero-order valence-corrected chi connectivity index (χ0v) is 8.77. The highest BCUT2D eigenvalue weighted by Gasteiger charge is 2.31. The zero-order chi connectivity index (χ0) is 9.73. The van der Waals surface area contributed by atoms with Crippen LogP contribution in [0.15, 0.2) is 10.6 Å². The van der Waals surface area contributed by atoms with E-state index in [1.807, 2.05) is 0 Å². The zero-order valence-electron chi connectivity index (χ0n) is 7.26. The summed E-state index contributed by atoms with van der Waals surface area (Å²) < 4.78 is 5.42. The van der Waals surface area contributed by atoms with Gasteiger partial charge in [-0.15, -0.1) is 0 Å². The van der Waals surface area contributed by atoms with Gasteiger partial charge in [0.2, 0.25) is 0 Å². The van der Waals surface area contributed by atoms with E-state index in [-0.39, 0.29) is 9.91 Å². The third-order valence-corrected chi connectivity index (χ3v) is 2.71.